The van der Waals surface area contributed by atoms with Crippen molar-refractivity contribution in [3.05, 3.63) is 29.8 Å². The molecule has 1 aromatic carbocycles. The Kier molecular flexibility index (Phi) is 5.18. The first-order chi connectivity index (χ1) is 9.52. The third-order valence-corrected chi connectivity index (χ3v) is 4.01. The van der Waals surface area contributed by atoms with E-state index in [1.54, 1.807) is 0 Å². The van der Waals surface area contributed by atoms with E-state index in [0.717, 1.165) is 35.6 Å². The first-order valence-corrected chi connectivity index (χ1v) is 7.09. The summed E-state index contributed by atoms with van der Waals surface area (Å²) in [5.41, 5.74) is -0.949. The summed E-state index contributed by atoms with van der Waals surface area (Å²) in [4.78, 5) is 10.4. The van der Waals surface area contributed by atoms with Gasteiger partial charge >= 0.3 is 22.4 Å². The van der Waals surface area contributed by atoms with Crippen LogP contribution in [0.2, 0.25) is 0 Å². The van der Waals surface area contributed by atoms with Gasteiger partial charge in [0.1, 0.15) is 0 Å². The van der Waals surface area contributed by atoms with Crippen molar-refractivity contribution in [2.45, 2.75) is 12.6 Å². The van der Waals surface area contributed by atoms with Crippen LogP contribution >= 0.6 is 0 Å². The maximum Gasteiger partial charge on any atom is 0.416 e. The number of alkyl halides is 3. The van der Waals surface area contributed by atoms with E-state index in [9.17, 15) is 26.4 Å². The van der Waals surface area contributed by atoms with E-state index in [0.29, 0.717) is 0 Å². The normalized spacial score (nSPS) is 12.4. The summed E-state index contributed by atoms with van der Waals surface area (Å²) in [5.74, 6) is -1.16. The Labute approximate surface area is 119 Å². The smallest absolute Gasteiger partial charge is 0.416 e. The number of nitrogens with zero attached hydrogens (tertiary/aromatic N) is 1. The van der Waals surface area contributed by atoms with Crippen molar-refractivity contribution in [3.8, 4) is 0 Å². The molecule has 0 spiro atoms. The molecule has 0 unspecified atom stereocenters. The number of carboxylic acids is 1. The van der Waals surface area contributed by atoms with Crippen LogP contribution in [0.1, 0.15) is 12.0 Å². The SMILES string of the molecule is CN(CCC(=O)O)S(=O)(=O)Nc1ccc(C(F)(F)F)cc1. The summed E-state index contributed by atoms with van der Waals surface area (Å²) in [6, 6.07) is 3.45. The van der Waals surface area contributed by atoms with Crippen molar-refractivity contribution in [1.29, 1.82) is 0 Å². The molecule has 0 aliphatic heterocycles. The number of rotatable bonds is 6. The van der Waals surface area contributed by atoms with Crippen molar-refractivity contribution in [2.24, 2.45) is 0 Å². The average molecular weight is 326 g/mol. The van der Waals surface area contributed by atoms with E-state index >= 15 is 0 Å². The van der Waals surface area contributed by atoms with Crippen LogP contribution in [0.5, 0.6) is 0 Å². The Morgan fingerprint density at radius 1 is 1.29 bits per heavy atom. The zero-order valence-electron chi connectivity index (χ0n) is 10.9. The number of anilines is 1. The first kappa shape index (κ1) is 17.2. The number of nitrogens with one attached hydrogen (secondary N) is 1. The summed E-state index contributed by atoms with van der Waals surface area (Å²) in [5, 5.41) is 8.48. The third-order valence-electron chi connectivity index (χ3n) is 2.51. The van der Waals surface area contributed by atoms with Gasteiger partial charge in [-0.1, -0.05) is 0 Å². The third kappa shape index (κ3) is 5.23. The van der Waals surface area contributed by atoms with Crippen LogP contribution in [0, 0.1) is 0 Å². The van der Waals surface area contributed by atoms with Gasteiger partial charge in [0.15, 0.2) is 0 Å². The molecule has 0 aliphatic rings. The molecule has 0 aromatic heterocycles. The fourth-order valence-electron chi connectivity index (χ4n) is 1.33. The number of benzene rings is 1. The van der Waals surface area contributed by atoms with E-state index in [1.165, 1.54) is 0 Å². The Hall–Kier alpha value is -1.81. The van der Waals surface area contributed by atoms with E-state index in [4.69, 9.17) is 5.11 Å². The van der Waals surface area contributed by atoms with Gasteiger partial charge in [-0.2, -0.15) is 25.9 Å². The second-order valence-electron chi connectivity index (χ2n) is 4.15. The van der Waals surface area contributed by atoms with Crippen LogP contribution in [-0.2, 0) is 21.2 Å². The Balaban J connectivity index is 2.77. The molecular weight excluding hydrogens is 313 g/mol. The Morgan fingerprint density at radius 2 is 1.81 bits per heavy atom. The molecule has 0 amide bonds. The van der Waals surface area contributed by atoms with Gasteiger partial charge in [-0.25, -0.2) is 0 Å². The zero-order chi connectivity index (χ0) is 16.3. The number of halogens is 3. The summed E-state index contributed by atoms with van der Waals surface area (Å²) in [6.45, 7) is -0.259. The van der Waals surface area contributed by atoms with Gasteiger partial charge in [-0.15, -0.1) is 0 Å². The fraction of sp³-hybridized carbons (Fsp3) is 0.364. The minimum Gasteiger partial charge on any atom is -0.481 e. The standard InChI is InChI=1S/C11H13F3N2O4S/c1-16(7-6-10(17)18)21(19,20)15-9-4-2-8(3-5-9)11(12,13)14/h2-5,15H,6-7H2,1H3,(H,17,18). The highest BCUT2D eigenvalue weighted by molar-refractivity contribution is 7.90. The summed E-state index contributed by atoms with van der Waals surface area (Å²) in [6.07, 6.45) is -4.89. The predicted octanol–water partition coefficient (Wildman–Crippen LogP) is 1.77. The number of carboxylic acid groups (broad SMARTS) is 1. The van der Waals surface area contributed by atoms with E-state index in [2.05, 4.69) is 4.72 Å². The Bertz CT molecular complexity index is 599. The van der Waals surface area contributed by atoms with E-state index in [-0.39, 0.29) is 18.7 Å². The number of hydrogen-bond acceptors (Lipinski definition) is 3. The summed E-state index contributed by atoms with van der Waals surface area (Å²) < 4.78 is 63.5. The minimum absolute atomic E-state index is 0.0508. The van der Waals surface area contributed by atoms with Gasteiger partial charge < -0.3 is 5.11 Å². The maximum atomic E-state index is 12.4. The van der Waals surface area contributed by atoms with Crippen molar-refractivity contribution in [1.82, 2.24) is 4.31 Å². The lowest BCUT2D eigenvalue weighted by molar-refractivity contribution is -0.138. The van der Waals surface area contributed by atoms with Crippen molar-refractivity contribution >= 4 is 21.9 Å². The molecule has 0 bridgehead atoms. The van der Waals surface area contributed by atoms with Crippen LogP contribution < -0.4 is 4.72 Å². The van der Waals surface area contributed by atoms with Crippen LogP contribution in [0.25, 0.3) is 0 Å². The second kappa shape index (κ2) is 6.31. The minimum atomic E-state index is -4.50. The van der Waals surface area contributed by atoms with Crippen LogP contribution in [0.4, 0.5) is 18.9 Å². The van der Waals surface area contributed by atoms with Crippen LogP contribution in [-0.4, -0.2) is 37.4 Å². The lowest BCUT2D eigenvalue weighted by Gasteiger charge is -2.17. The van der Waals surface area contributed by atoms with Gasteiger partial charge in [0.2, 0.25) is 0 Å². The molecule has 0 atom stereocenters. The average Bonchev–Trinajstić information content (AvgIpc) is 2.34. The molecule has 21 heavy (non-hydrogen) atoms. The summed E-state index contributed by atoms with van der Waals surface area (Å²) in [7, 11) is -2.86. The highest BCUT2D eigenvalue weighted by Gasteiger charge is 2.30. The van der Waals surface area contributed by atoms with Crippen molar-refractivity contribution in [2.75, 3.05) is 18.3 Å². The quantitative estimate of drug-likeness (QED) is 0.834. The molecule has 0 saturated heterocycles. The van der Waals surface area contributed by atoms with E-state index < -0.39 is 27.9 Å². The molecule has 0 radical (unpaired) electrons. The highest BCUT2D eigenvalue weighted by Crippen LogP contribution is 2.29. The van der Waals surface area contributed by atoms with Crippen LogP contribution in [0.3, 0.4) is 0 Å². The fourth-order valence-corrected chi connectivity index (χ4v) is 2.25. The number of hydrogen-bond donors (Lipinski definition) is 2. The molecule has 10 heteroatoms. The highest BCUT2D eigenvalue weighted by atomic mass is 32.2. The molecule has 0 aliphatic carbocycles. The summed E-state index contributed by atoms with van der Waals surface area (Å²) >= 11 is 0. The lowest BCUT2D eigenvalue weighted by Crippen LogP contribution is -2.34. The molecule has 6 nitrogen and oxygen atoms in total. The number of aliphatic carboxylic acids is 1. The van der Waals surface area contributed by atoms with Crippen molar-refractivity contribution in [3.63, 3.8) is 0 Å². The second-order valence-corrected chi connectivity index (χ2v) is 5.93. The van der Waals surface area contributed by atoms with Gasteiger partial charge in [-0.05, 0) is 24.3 Å². The topological polar surface area (TPSA) is 86.7 Å². The monoisotopic (exact) mass is 326 g/mol. The largest absolute Gasteiger partial charge is 0.481 e. The van der Waals surface area contributed by atoms with Crippen molar-refractivity contribution < 1.29 is 31.5 Å². The molecule has 0 fully saturated rings. The molecule has 2 N–H and O–H groups in total. The molecule has 0 heterocycles. The Morgan fingerprint density at radius 3 is 2.24 bits per heavy atom. The molecular formula is C11H13F3N2O4S. The molecule has 0 saturated carbocycles. The number of carbonyl (C=O) groups is 1. The molecule has 118 valence electrons. The molecule has 1 rings (SSSR count). The van der Waals surface area contributed by atoms with Gasteiger partial charge in [0.05, 0.1) is 12.0 Å². The maximum absolute atomic E-state index is 12.4. The van der Waals surface area contributed by atoms with E-state index in [1.807, 2.05) is 0 Å². The van der Waals surface area contributed by atoms with Gasteiger partial charge in [0, 0.05) is 19.3 Å². The zero-order valence-corrected chi connectivity index (χ0v) is 11.7. The molecule has 1 aromatic rings. The van der Waals surface area contributed by atoms with Gasteiger partial charge in [-0.3, -0.25) is 9.52 Å². The lowest BCUT2D eigenvalue weighted by atomic mass is 10.2. The first-order valence-electron chi connectivity index (χ1n) is 5.65. The van der Waals surface area contributed by atoms with Crippen LogP contribution in [0.15, 0.2) is 24.3 Å². The van der Waals surface area contributed by atoms with Gasteiger partial charge in [0.25, 0.3) is 0 Å². The predicted molar refractivity (Wildman–Crippen MR) is 68.9 cm³/mol.